The van der Waals surface area contributed by atoms with Crippen LogP contribution >= 0.6 is 0 Å². The van der Waals surface area contributed by atoms with Gasteiger partial charge in [0.05, 0.1) is 6.61 Å². The van der Waals surface area contributed by atoms with Gasteiger partial charge in [-0.05, 0) is 37.6 Å². The van der Waals surface area contributed by atoms with Crippen LogP contribution in [0, 0.1) is 0 Å². The molecule has 0 aliphatic carbocycles. The summed E-state index contributed by atoms with van der Waals surface area (Å²) in [6.45, 7) is 0.0408. The van der Waals surface area contributed by atoms with E-state index in [4.69, 9.17) is 4.74 Å². The lowest BCUT2D eigenvalue weighted by molar-refractivity contribution is -0.139. The molecule has 0 saturated carbocycles. The monoisotopic (exact) mass is 284 g/mol. The molecule has 1 aromatic carbocycles. The zero-order valence-corrected chi connectivity index (χ0v) is 11.1. The number of hydrogen-bond donors (Lipinski definition) is 0. The van der Waals surface area contributed by atoms with E-state index in [1.54, 1.807) is 13.0 Å². The molecule has 0 bridgehead atoms. The highest BCUT2D eigenvalue weighted by Gasteiger charge is 2.15. The number of carbonyl (C=O) groups excluding carboxylic acids is 2. The largest absolute Gasteiger partial charge is 0.462 e. The lowest BCUT2D eigenvalue weighted by atomic mass is 10.1. The third-order valence-corrected chi connectivity index (χ3v) is 2.27. The summed E-state index contributed by atoms with van der Waals surface area (Å²) in [6, 6.07) is 5.68. The van der Waals surface area contributed by atoms with Gasteiger partial charge in [0.2, 0.25) is 0 Å². The highest BCUT2D eigenvalue weighted by atomic mass is 19.3. The number of hydrogen-bond acceptors (Lipinski definition) is 4. The molecular weight excluding hydrogens is 270 g/mol. The first-order valence-electron chi connectivity index (χ1n) is 5.88. The quantitative estimate of drug-likeness (QED) is 0.349. The van der Waals surface area contributed by atoms with Crippen LogP contribution in [0.5, 0.6) is 5.75 Å². The third-order valence-electron chi connectivity index (χ3n) is 2.27. The summed E-state index contributed by atoms with van der Waals surface area (Å²) in [5.74, 6) is -1.27. The van der Waals surface area contributed by atoms with Crippen LogP contribution < -0.4 is 4.74 Å². The predicted molar refractivity (Wildman–Crippen MR) is 68.4 cm³/mol. The summed E-state index contributed by atoms with van der Waals surface area (Å²) in [7, 11) is 0. The van der Waals surface area contributed by atoms with Gasteiger partial charge in [0.1, 0.15) is 11.3 Å². The van der Waals surface area contributed by atoms with Crippen molar-refractivity contribution in [1.29, 1.82) is 0 Å². The summed E-state index contributed by atoms with van der Waals surface area (Å²) < 4.78 is 33.2. The Morgan fingerprint density at radius 2 is 2.05 bits per heavy atom. The number of Topliss-reactive ketones (excluding diaryl/α,β-unsaturated/α-hetero) is 1. The Hall–Kier alpha value is -2.24. The van der Waals surface area contributed by atoms with Gasteiger partial charge in [-0.15, -0.1) is 0 Å². The maximum atomic E-state index is 12.1. The Balaban J connectivity index is 3.05. The van der Waals surface area contributed by atoms with E-state index >= 15 is 0 Å². The van der Waals surface area contributed by atoms with Crippen molar-refractivity contribution in [2.24, 2.45) is 0 Å². The van der Waals surface area contributed by atoms with E-state index < -0.39 is 18.4 Å². The number of benzene rings is 1. The number of ketones is 1. The Labute approximate surface area is 115 Å². The van der Waals surface area contributed by atoms with Gasteiger partial charge in [0, 0.05) is 0 Å². The van der Waals surface area contributed by atoms with E-state index in [0.717, 1.165) is 0 Å². The van der Waals surface area contributed by atoms with Crippen LogP contribution in [0.1, 0.15) is 19.4 Å². The van der Waals surface area contributed by atoms with Crippen LogP contribution in [-0.2, 0) is 14.3 Å². The summed E-state index contributed by atoms with van der Waals surface area (Å²) >= 11 is 0. The van der Waals surface area contributed by atoms with Crippen LogP contribution in [0.25, 0.3) is 6.08 Å². The summed E-state index contributed by atoms with van der Waals surface area (Å²) in [4.78, 5) is 23.0. The molecule has 0 spiro atoms. The number of alkyl halides is 2. The molecule has 108 valence electrons. The van der Waals surface area contributed by atoms with Gasteiger partial charge in [0.15, 0.2) is 5.78 Å². The molecule has 0 atom stereocenters. The molecular formula is C14H14F2O4. The van der Waals surface area contributed by atoms with Crippen molar-refractivity contribution in [3.05, 3.63) is 35.4 Å². The topological polar surface area (TPSA) is 52.6 Å². The van der Waals surface area contributed by atoms with Gasteiger partial charge in [-0.25, -0.2) is 4.79 Å². The van der Waals surface area contributed by atoms with Gasteiger partial charge in [-0.2, -0.15) is 8.78 Å². The van der Waals surface area contributed by atoms with Crippen LogP contribution in [0.3, 0.4) is 0 Å². The van der Waals surface area contributed by atoms with Crippen molar-refractivity contribution >= 4 is 17.8 Å². The van der Waals surface area contributed by atoms with E-state index in [0.29, 0.717) is 5.56 Å². The molecule has 20 heavy (non-hydrogen) atoms. The normalized spacial score (nSPS) is 11.3. The van der Waals surface area contributed by atoms with Gasteiger partial charge in [-0.3, -0.25) is 4.79 Å². The highest BCUT2D eigenvalue weighted by molar-refractivity contribution is 6.19. The SMILES string of the molecule is CCOC(=O)C(=Cc1cccc(OC(F)F)c1)C(C)=O. The Morgan fingerprint density at radius 1 is 1.35 bits per heavy atom. The average Bonchev–Trinajstić information content (AvgIpc) is 2.35. The minimum Gasteiger partial charge on any atom is -0.462 e. The second kappa shape index (κ2) is 7.37. The Bertz CT molecular complexity index is 524. The minimum absolute atomic E-state index is 0.0551. The zero-order chi connectivity index (χ0) is 15.1. The van der Waals surface area contributed by atoms with Gasteiger partial charge < -0.3 is 9.47 Å². The molecule has 1 aromatic rings. The Kier molecular flexibility index (Phi) is 5.83. The smallest absolute Gasteiger partial charge is 0.387 e. The lowest BCUT2D eigenvalue weighted by Crippen LogP contribution is -2.13. The van der Waals surface area contributed by atoms with Crippen molar-refractivity contribution in [2.45, 2.75) is 20.5 Å². The van der Waals surface area contributed by atoms with E-state index in [2.05, 4.69) is 4.74 Å². The van der Waals surface area contributed by atoms with Crippen LogP contribution in [0.2, 0.25) is 0 Å². The highest BCUT2D eigenvalue weighted by Crippen LogP contribution is 2.18. The first-order valence-corrected chi connectivity index (χ1v) is 5.88. The fraction of sp³-hybridized carbons (Fsp3) is 0.286. The van der Waals surface area contributed by atoms with Crippen molar-refractivity contribution in [1.82, 2.24) is 0 Å². The molecule has 1 rings (SSSR count). The number of rotatable bonds is 6. The lowest BCUT2D eigenvalue weighted by Gasteiger charge is -2.06. The summed E-state index contributed by atoms with van der Waals surface area (Å²) in [5, 5.41) is 0. The molecule has 0 amide bonds. The molecule has 0 aromatic heterocycles. The van der Waals surface area contributed by atoms with E-state index in [1.807, 2.05) is 0 Å². The fourth-order valence-corrected chi connectivity index (χ4v) is 1.46. The second-order valence-corrected chi connectivity index (χ2v) is 3.79. The molecule has 0 aliphatic rings. The number of ether oxygens (including phenoxy) is 2. The van der Waals surface area contributed by atoms with Crippen molar-refractivity contribution in [2.75, 3.05) is 6.61 Å². The van der Waals surface area contributed by atoms with Gasteiger partial charge in [0.25, 0.3) is 0 Å². The van der Waals surface area contributed by atoms with Crippen LogP contribution in [-0.4, -0.2) is 25.0 Å². The van der Waals surface area contributed by atoms with Crippen LogP contribution in [0.4, 0.5) is 8.78 Å². The maximum absolute atomic E-state index is 12.1. The van der Waals surface area contributed by atoms with Crippen molar-refractivity contribution < 1.29 is 27.8 Å². The standard InChI is InChI=1S/C14H14F2O4/c1-3-19-13(18)12(9(2)17)8-10-5-4-6-11(7-10)20-14(15)16/h4-8,14H,3H2,1-2H3. The molecule has 0 radical (unpaired) electrons. The molecule has 0 N–H and O–H groups in total. The number of carbonyl (C=O) groups is 2. The van der Waals surface area contributed by atoms with Gasteiger partial charge >= 0.3 is 12.6 Å². The molecule has 4 nitrogen and oxygen atoms in total. The molecule has 0 saturated heterocycles. The Morgan fingerprint density at radius 3 is 2.60 bits per heavy atom. The predicted octanol–water partition coefficient (Wildman–Crippen LogP) is 2.82. The summed E-state index contributed by atoms with van der Waals surface area (Å²) in [5.41, 5.74) is 0.238. The first kappa shape index (κ1) is 15.8. The first-order chi connectivity index (χ1) is 9.43. The summed E-state index contributed by atoms with van der Waals surface area (Å²) in [6.07, 6.45) is 1.28. The van der Waals surface area contributed by atoms with E-state index in [9.17, 15) is 18.4 Å². The van der Waals surface area contributed by atoms with Crippen molar-refractivity contribution in [3.63, 3.8) is 0 Å². The average molecular weight is 284 g/mol. The maximum Gasteiger partial charge on any atom is 0.387 e. The van der Waals surface area contributed by atoms with E-state index in [-0.39, 0.29) is 17.9 Å². The third kappa shape index (κ3) is 4.79. The zero-order valence-electron chi connectivity index (χ0n) is 11.1. The van der Waals surface area contributed by atoms with Crippen LogP contribution in [0.15, 0.2) is 29.8 Å². The van der Waals surface area contributed by atoms with Crippen molar-refractivity contribution in [3.8, 4) is 5.75 Å². The molecule has 6 heteroatoms. The van der Waals surface area contributed by atoms with E-state index in [1.165, 1.54) is 31.2 Å². The number of esters is 1. The number of halogens is 2. The van der Waals surface area contributed by atoms with Gasteiger partial charge in [-0.1, -0.05) is 12.1 Å². The molecule has 0 unspecified atom stereocenters. The molecule has 0 fully saturated rings. The molecule has 0 heterocycles. The minimum atomic E-state index is -2.94. The molecule has 0 aliphatic heterocycles. The second-order valence-electron chi connectivity index (χ2n) is 3.79. The fourth-order valence-electron chi connectivity index (χ4n) is 1.46.